The van der Waals surface area contributed by atoms with Crippen LogP contribution in [-0.2, 0) is 4.79 Å². The minimum Gasteiger partial charge on any atom is -0.426 e. The first-order valence-corrected chi connectivity index (χ1v) is 6.59. The van der Waals surface area contributed by atoms with Crippen LogP contribution in [0.15, 0.2) is 24.3 Å². The van der Waals surface area contributed by atoms with Crippen LogP contribution < -0.4 is 4.74 Å². The highest BCUT2D eigenvalue weighted by Crippen LogP contribution is 2.22. The number of benzene rings is 1. The third kappa shape index (κ3) is 5.01. The minimum absolute atomic E-state index is 0.223. The molecule has 0 bridgehead atoms. The number of hydrogen-bond acceptors (Lipinski definition) is 4. The van der Waals surface area contributed by atoms with E-state index in [2.05, 4.69) is 11.8 Å². The lowest BCUT2D eigenvalue weighted by Gasteiger charge is -2.20. The van der Waals surface area contributed by atoms with E-state index in [-0.39, 0.29) is 12.0 Å². The Morgan fingerprint density at radius 3 is 2.58 bits per heavy atom. The highest BCUT2D eigenvalue weighted by molar-refractivity contribution is 5.74. The van der Waals surface area contributed by atoms with E-state index in [1.165, 1.54) is 0 Å². The molecule has 1 aromatic carbocycles. The lowest BCUT2D eigenvalue weighted by molar-refractivity contribution is -0.135. The molecule has 106 valence electrons. The van der Waals surface area contributed by atoms with Gasteiger partial charge in [-0.05, 0) is 52.3 Å². The summed E-state index contributed by atoms with van der Waals surface area (Å²) < 4.78 is 5.36. The molecule has 1 unspecified atom stereocenters. The Bertz CT molecular complexity index is 418. The molecular weight excluding hydrogens is 240 g/mol. The van der Waals surface area contributed by atoms with Crippen molar-refractivity contribution in [2.45, 2.75) is 19.9 Å². The predicted molar refractivity (Wildman–Crippen MR) is 77.4 cm³/mol. The Hall–Kier alpha value is -1.39. The summed E-state index contributed by atoms with van der Waals surface area (Å²) >= 11 is 0. The molecular formula is C15H24N2O2. The maximum atomic E-state index is 11.7. The topological polar surface area (TPSA) is 32.8 Å². The van der Waals surface area contributed by atoms with E-state index in [9.17, 15) is 4.79 Å². The molecule has 0 aliphatic heterocycles. The van der Waals surface area contributed by atoms with Gasteiger partial charge in [-0.25, -0.2) is 0 Å². The van der Waals surface area contributed by atoms with Gasteiger partial charge in [0, 0.05) is 6.04 Å². The molecule has 1 aromatic rings. The van der Waals surface area contributed by atoms with Crippen molar-refractivity contribution in [3.8, 4) is 5.75 Å². The van der Waals surface area contributed by atoms with Crippen LogP contribution in [0.1, 0.15) is 25.5 Å². The molecule has 0 radical (unpaired) electrons. The molecule has 1 rings (SSSR count). The molecule has 0 saturated heterocycles. The number of hydrogen-bond donors (Lipinski definition) is 0. The zero-order chi connectivity index (χ0) is 14.4. The number of ether oxygens (including phenoxy) is 1. The Labute approximate surface area is 116 Å². The molecule has 0 N–H and O–H groups in total. The van der Waals surface area contributed by atoms with Crippen LogP contribution in [0.2, 0.25) is 0 Å². The molecule has 0 amide bonds. The normalized spacial score (nSPS) is 12.8. The van der Waals surface area contributed by atoms with Crippen molar-refractivity contribution in [3.05, 3.63) is 29.8 Å². The first kappa shape index (κ1) is 15.7. The average Bonchev–Trinajstić information content (AvgIpc) is 2.37. The second-order valence-corrected chi connectivity index (χ2v) is 5.02. The van der Waals surface area contributed by atoms with Gasteiger partial charge >= 0.3 is 5.97 Å². The predicted octanol–water partition coefficient (Wildman–Crippen LogP) is 2.17. The van der Waals surface area contributed by atoms with Crippen LogP contribution in [-0.4, -0.2) is 50.0 Å². The molecule has 4 heteroatoms. The van der Waals surface area contributed by atoms with E-state index in [4.69, 9.17) is 4.74 Å². The maximum absolute atomic E-state index is 11.7. The van der Waals surface area contributed by atoms with Gasteiger partial charge in [0.05, 0.1) is 6.54 Å². The first-order valence-electron chi connectivity index (χ1n) is 6.59. The molecule has 0 heterocycles. The van der Waals surface area contributed by atoms with E-state index < -0.39 is 0 Å². The Morgan fingerprint density at radius 1 is 1.32 bits per heavy atom. The zero-order valence-corrected chi connectivity index (χ0v) is 12.5. The van der Waals surface area contributed by atoms with Crippen molar-refractivity contribution >= 4 is 5.97 Å². The summed E-state index contributed by atoms with van der Waals surface area (Å²) in [6.45, 7) is 5.26. The van der Waals surface area contributed by atoms with Crippen LogP contribution in [0.3, 0.4) is 0 Å². The maximum Gasteiger partial charge on any atom is 0.325 e. The van der Waals surface area contributed by atoms with E-state index in [0.717, 1.165) is 12.1 Å². The lowest BCUT2D eigenvalue weighted by atomic mass is 10.1. The van der Waals surface area contributed by atoms with Crippen molar-refractivity contribution in [2.75, 3.05) is 34.2 Å². The Kier molecular flexibility index (Phi) is 5.99. The molecule has 19 heavy (non-hydrogen) atoms. The summed E-state index contributed by atoms with van der Waals surface area (Å²) in [6.07, 6.45) is 0. The summed E-state index contributed by atoms with van der Waals surface area (Å²) in [4.78, 5) is 15.8. The quantitative estimate of drug-likeness (QED) is 0.582. The van der Waals surface area contributed by atoms with Gasteiger partial charge in [-0.3, -0.25) is 9.69 Å². The fourth-order valence-corrected chi connectivity index (χ4v) is 1.63. The van der Waals surface area contributed by atoms with Crippen molar-refractivity contribution in [1.29, 1.82) is 0 Å². The lowest BCUT2D eigenvalue weighted by Crippen LogP contribution is -2.28. The second-order valence-electron chi connectivity index (χ2n) is 5.02. The van der Waals surface area contributed by atoms with Crippen LogP contribution in [0.25, 0.3) is 0 Å². The SMILES string of the molecule is CCN(C)CC(=O)Oc1cccc(C(C)N(C)C)c1. The number of rotatable bonds is 6. The molecule has 0 aliphatic rings. The molecule has 0 fully saturated rings. The molecule has 0 aliphatic carbocycles. The van der Waals surface area contributed by atoms with Gasteiger partial charge in [0.15, 0.2) is 0 Å². The molecule has 0 aromatic heterocycles. The van der Waals surface area contributed by atoms with E-state index in [1.807, 2.05) is 57.2 Å². The van der Waals surface area contributed by atoms with Gasteiger partial charge in [-0.1, -0.05) is 19.1 Å². The minimum atomic E-state index is -0.223. The van der Waals surface area contributed by atoms with Crippen LogP contribution in [0, 0.1) is 0 Å². The van der Waals surface area contributed by atoms with Crippen molar-refractivity contribution in [1.82, 2.24) is 9.80 Å². The van der Waals surface area contributed by atoms with Crippen LogP contribution in [0.4, 0.5) is 0 Å². The van der Waals surface area contributed by atoms with Crippen molar-refractivity contribution in [2.24, 2.45) is 0 Å². The van der Waals surface area contributed by atoms with Crippen LogP contribution in [0.5, 0.6) is 5.75 Å². The molecule has 1 atom stereocenters. The average molecular weight is 264 g/mol. The Morgan fingerprint density at radius 2 is 2.00 bits per heavy atom. The summed E-state index contributed by atoms with van der Waals surface area (Å²) in [5, 5.41) is 0. The summed E-state index contributed by atoms with van der Waals surface area (Å²) in [6, 6.07) is 7.99. The van der Waals surface area contributed by atoms with Crippen molar-refractivity contribution < 1.29 is 9.53 Å². The number of carbonyl (C=O) groups excluding carboxylic acids is 1. The standard InChI is InChI=1S/C15H24N2O2/c1-6-17(5)11-15(18)19-14-9-7-8-13(10-14)12(2)16(3)4/h7-10,12H,6,11H2,1-5H3. The molecule has 0 saturated carbocycles. The fourth-order valence-electron chi connectivity index (χ4n) is 1.63. The van der Waals surface area contributed by atoms with Crippen LogP contribution >= 0.6 is 0 Å². The van der Waals surface area contributed by atoms with Crippen molar-refractivity contribution in [3.63, 3.8) is 0 Å². The number of likely N-dealkylation sites (N-methyl/N-ethyl adjacent to an activating group) is 1. The van der Waals surface area contributed by atoms with Gasteiger partial charge in [0.25, 0.3) is 0 Å². The summed E-state index contributed by atoms with van der Waals surface area (Å²) in [5.41, 5.74) is 1.14. The molecule has 0 spiro atoms. The third-order valence-corrected chi connectivity index (χ3v) is 3.29. The monoisotopic (exact) mass is 264 g/mol. The summed E-state index contributed by atoms with van der Waals surface area (Å²) in [7, 11) is 5.95. The van der Waals surface area contributed by atoms with E-state index >= 15 is 0 Å². The van der Waals surface area contributed by atoms with E-state index in [0.29, 0.717) is 12.3 Å². The van der Waals surface area contributed by atoms with Gasteiger partial charge in [-0.15, -0.1) is 0 Å². The summed E-state index contributed by atoms with van der Waals surface area (Å²) in [5.74, 6) is 0.389. The fraction of sp³-hybridized carbons (Fsp3) is 0.533. The smallest absolute Gasteiger partial charge is 0.325 e. The number of carbonyl (C=O) groups is 1. The number of nitrogens with zero attached hydrogens (tertiary/aromatic N) is 2. The van der Waals surface area contributed by atoms with E-state index in [1.54, 1.807) is 0 Å². The Balaban J connectivity index is 2.69. The van der Waals surface area contributed by atoms with Gasteiger partial charge in [0.1, 0.15) is 5.75 Å². The highest BCUT2D eigenvalue weighted by Gasteiger charge is 2.11. The van der Waals surface area contributed by atoms with Gasteiger partial charge in [0.2, 0.25) is 0 Å². The first-order chi connectivity index (χ1) is 8.93. The largest absolute Gasteiger partial charge is 0.426 e. The number of esters is 1. The second kappa shape index (κ2) is 7.26. The highest BCUT2D eigenvalue weighted by atomic mass is 16.5. The van der Waals surface area contributed by atoms with Gasteiger partial charge < -0.3 is 9.64 Å². The molecule has 4 nitrogen and oxygen atoms in total. The van der Waals surface area contributed by atoms with Gasteiger partial charge in [-0.2, -0.15) is 0 Å². The zero-order valence-electron chi connectivity index (χ0n) is 12.5. The third-order valence-electron chi connectivity index (χ3n) is 3.29.